The molecule has 0 saturated carbocycles. The smallest absolute Gasteiger partial charge is 0.345 e. The Bertz CT molecular complexity index is 1560. The van der Waals surface area contributed by atoms with Crippen molar-refractivity contribution in [1.29, 1.82) is 0 Å². The highest BCUT2D eigenvalue weighted by Gasteiger charge is 2.12. The van der Waals surface area contributed by atoms with Crippen LogP contribution < -0.4 is 23.7 Å². The van der Waals surface area contributed by atoms with Crippen LogP contribution in [0.2, 0.25) is 0 Å². The molecule has 0 aliphatic heterocycles. The highest BCUT2D eigenvalue weighted by Crippen LogP contribution is 2.26. The van der Waals surface area contributed by atoms with Crippen LogP contribution in [-0.2, 0) is 0 Å². The van der Waals surface area contributed by atoms with Gasteiger partial charge in [0.05, 0.1) is 32.5 Å². The monoisotopic (exact) mass is 716 g/mol. The van der Waals surface area contributed by atoms with Gasteiger partial charge in [-0.2, -0.15) is 0 Å². The van der Waals surface area contributed by atoms with Gasteiger partial charge in [0.1, 0.15) is 17.2 Å². The molecule has 274 valence electrons. The van der Waals surface area contributed by atoms with Gasteiger partial charge in [-0.25, -0.2) is 14.8 Å². The average Bonchev–Trinajstić information content (AvgIpc) is 3.16. The second-order valence-electron chi connectivity index (χ2n) is 12.2. The van der Waals surface area contributed by atoms with Crippen LogP contribution in [0.1, 0.15) is 99.8 Å². The third kappa shape index (κ3) is 15.5. The molecule has 0 spiro atoms. The number of hydrogen-bond acceptors (Lipinski definition) is 10. The van der Waals surface area contributed by atoms with Crippen molar-refractivity contribution in [3.05, 3.63) is 96.3 Å². The van der Waals surface area contributed by atoms with Crippen LogP contribution in [0.3, 0.4) is 0 Å². The number of carbonyl (C=O) groups is 2. The van der Waals surface area contributed by atoms with Crippen LogP contribution in [0, 0.1) is 5.92 Å². The number of aromatic nitrogens is 2. The number of unbranched alkanes of at least 4 members (excludes halogenated alkanes) is 3. The zero-order chi connectivity index (χ0) is 36.8. The number of methoxy groups -OCH3 is 2. The first-order chi connectivity index (χ1) is 24.7. The van der Waals surface area contributed by atoms with Gasteiger partial charge in [0.25, 0.3) is 0 Å². The zero-order valence-electron chi connectivity index (χ0n) is 30.8. The van der Waals surface area contributed by atoms with Crippen LogP contribution in [-0.4, -0.2) is 48.0 Å². The fourth-order valence-electron chi connectivity index (χ4n) is 4.72. The minimum absolute atomic E-state index is 0.0441. The Kier molecular flexibility index (Phi) is 18.4. The van der Waals surface area contributed by atoms with Crippen molar-refractivity contribution in [3.63, 3.8) is 0 Å². The molecule has 2 unspecified atom stereocenters. The third-order valence-electron chi connectivity index (χ3n) is 8.05. The normalized spacial score (nSPS) is 11.7. The predicted molar refractivity (Wildman–Crippen MR) is 203 cm³/mol. The average molecular weight is 717 g/mol. The molecule has 2 aromatic carbocycles. The van der Waals surface area contributed by atoms with E-state index in [4.69, 9.17) is 23.7 Å². The van der Waals surface area contributed by atoms with E-state index in [1.807, 2.05) is 31.2 Å². The van der Waals surface area contributed by atoms with Crippen molar-refractivity contribution >= 4 is 22.8 Å². The number of pyridine rings is 2. The molecule has 2 aromatic heterocycles. The van der Waals surface area contributed by atoms with Crippen molar-refractivity contribution in [2.45, 2.75) is 90.1 Å². The Hall–Kier alpha value is -4.57. The second-order valence-corrected chi connectivity index (χ2v) is 13.2. The number of thioether (sulfide) groups is 1. The molecule has 0 aliphatic carbocycles. The molecule has 0 fully saturated rings. The number of esters is 1. The molecule has 4 rings (SSSR count). The highest BCUT2D eigenvalue weighted by atomic mass is 32.2. The van der Waals surface area contributed by atoms with E-state index in [1.165, 1.54) is 56.3 Å². The SMILES string of the molecule is CCC(C)CCCOc1ccc(SC(=O)c2ccc(OC)nc2)cc1.CCCCCCC(C)Oc1ccc(C(=O)Oc2ccc(OC)cc2)cn1. The summed E-state index contributed by atoms with van der Waals surface area (Å²) >= 11 is 1.18. The van der Waals surface area contributed by atoms with Gasteiger partial charge >= 0.3 is 5.97 Å². The molecule has 4 aromatic rings. The fourth-order valence-corrected chi connectivity index (χ4v) is 5.45. The lowest BCUT2D eigenvalue weighted by molar-refractivity contribution is 0.0733. The summed E-state index contributed by atoms with van der Waals surface area (Å²) in [6.45, 7) is 9.45. The Labute approximate surface area is 307 Å². The van der Waals surface area contributed by atoms with Crippen molar-refractivity contribution < 1.29 is 33.3 Å². The summed E-state index contributed by atoms with van der Waals surface area (Å²) in [6.07, 6.45) is 12.5. The molecular formula is C41H52N2O7S. The van der Waals surface area contributed by atoms with Gasteiger partial charge in [-0.05, 0) is 111 Å². The summed E-state index contributed by atoms with van der Waals surface area (Å²) in [5.74, 6) is 3.31. The largest absolute Gasteiger partial charge is 0.497 e. The first-order valence-corrected chi connectivity index (χ1v) is 18.5. The van der Waals surface area contributed by atoms with Gasteiger partial charge in [-0.3, -0.25) is 4.79 Å². The number of nitrogens with zero attached hydrogens (tertiary/aromatic N) is 2. The van der Waals surface area contributed by atoms with E-state index in [0.29, 0.717) is 34.4 Å². The zero-order valence-corrected chi connectivity index (χ0v) is 31.6. The van der Waals surface area contributed by atoms with Crippen LogP contribution in [0.5, 0.6) is 29.0 Å². The molecular weight excluding hydrogens is 665 g/mol. The van der Waals surface area contributed by atoms with E-state index >= 15 is 0 Å². The van der Waals surface area contributed by atoms with Crippen molar-refractivity contribution in [2.75, 3.05) is 20.8 Å². The third-order valence-corrected chi connectivity index (χ3v) is 8.98. The van der Waals surface area contributed by atoms with Crippen molar-refractivity contribution in [1.82, 2.24) is 9.97 Å². The van der Waals surface area contributed by atoms with E-state index in [1.54, 1.807) is 62.8 Å². The molecule has 0 radical (unpaired) electrons. The minimum atomic E-state index is -0.457. The first-order valence-electron chi connectivity index (χ1n) is 17.7. The molecule has 0 N–H and O–H groups in total. The van der Waals surface area contributed by atoms with E-state index in [0.717, 1.165) is 42.4 Å². The van der Waals surface area contributed by atoms with Crippen LogP contribution >= 0.6 is 11.8 Å². The summed E-state index contributed by atoms with van der Waals surface area (Å²) in [5.41, 5.74) is 0.930. The maximum Gasteiger partial charge on any atom is 0.345 e. The van der Waals surface area contributed by atoms with E-state index < -0.39 is 5.97 Å². The maximum atomic E-state index is 12.3. The highest BCUT2D eigenvalue weighted by molar-refractivity contribution is 8.14. The van der Waals surface area contributed by atoms with Crippen LogP contribution in [0.15, 0.2) is 90.1 Å². The molecule has 10 heteroatoms. The van der Waals surface area contributed by atoms with Gasteiger partial charge < -0.3 is 23.7 Å². The number of carbonyl (C=O) groups excluding carboxylic acids is 2. The van der Waals surface area contributed by atoms with Gasteiger partial charge in [0, 0.05) is 35.0 Å². The Morgan fingerprint density at radius 1 is 0.686 bits per heavy atom. The van der Waals surface area contributed by atoms with Gasteiger partial charge in [-0.15, -0.1) is 0 Å². The lowest BCUT2D eigenvalue weighted by Gasteiger charge is -2.13. The van der Waals surface area contributed by atoms with Crippen LogP contribution in [0.4, 0.5) is 0 Å². The molecule has 9 nitrogen and oxygen atoms in total. The number of benzene rings is 2. The summed E-state index contributed by atoms with van der Waals surface area (Å²) in [6, 6.07) is 21.2. The Morgan fingerprint density at radius 3 is 1.94 bits per heavy atom. The van der Waals surface area contributed by atoms with Gasteiger partial charge in [-0.1, -0.05) is 46.5 Å². The summed E-state index contributed by atoms with van der Waals surface area (Å²) in [7, 11) is 3.13. The topological polar surface area (TPSA) is 106 Å². The fraction of sp³-hybridized carbons (Fsp3) is 0.415. The van der Waals surface area contributed by atoms with Crippen molar-refractivity contribution in [3.8, 4) is 29.0 Å². The number of ether oxygens (including phenoxy) is 5. The molecule has 0 aliphatic rings. The molecule has 0 bridgehead atoms. The Balaban J connectivity index is 0.000000276. The maximum absolute atomic E-state index is 12.3. The molecule has 51 heavy (non-hydrogen) atoms. The summed E-state index contributed by atoms with van der Waals surface area (Å²) < 4.78 is 26.9. The standard InChI is InChI=1S/C21H27NO4.C20H25NO3S/c1-4-5-6-7-8-16(2)25-20-14-9-17(15-22-20)21(23)26-19-12-10-18(24-3)11-13-19;1-4-15(2)6-5-13-24-17-8-10-18(11-9-17)25-20(22)16-7-12-19(23-3)21-14-16/h9-16H,4-8H2,1-3H3;7-12,14-15H,4-6,13H2,1-3H3. The molecule has 0 saturated heterocycles. The van der Waals surface area contributed by atoms with Gasteiger partial charge in [0.2, 0.25) is 16.9 Å². The lowest BCUT2D eigenvalue weighted by Crippen LogP contribution is -2.13. The summed E-state index contributed by atoms with van der Waals surface area (Å²) in [4.78, 5) is 33.6. The lowest BCUT2D eigenvalue weighted by atomic mass is 10.0. The van der Waals surface area contributed by atoms with Crippen LogP contribution in [0.25, 0.3) is 0 Å². The van der Waals surface area contributed by atoms with E-state index in [-0.39, 0.29) is 11.2 Å². The van der Waals surface area contributed by atoms with E-state index in [2.05, 4.69) is 30.7 Å². The Morgan fingerprint density at radius 2 is 1.33 bits per heavy atom. The summed E-state index contributed by atoms with van der Waals surface area (Å²) in [5, 5.41) is -0.0441. The second kappa shape index (κ2) is 23.0. The molecule has 2 atom stereocenters. The number of rotatable bonds is 19. The molecule has 2 heterocycles. The van der Waals surface area contributed by atoms with E-state index in [9.17, 15) is 9.59 Å². The quantitative estimate of drug-likeness (QED) is 0.0403. The minimum Gasteiger partial charge on any atom is -0.497 e. The van der Waals surface area contributed by atoms with Crippen molar-refractivity contribution in [2.24, 2.45) is 5.92 Å². The first kappa shape index (κ1) is 40.9. The predicted octanol–water partition coefficient (Wildman–Crippen LogP) is 10.3. The number of hydrogen-bond donors (Lipinski definition) is 0. The molecule has 0 amide bonds. The van der Waals surface area contributed by atoms with Gasteiger partial charge in [0.15, 0.2) is 0 Å².